The van der Waals surface area contributed by atoms with Crippen molar-refractivity contribution in [2.45, 2.75) is 77.6 Å². The quantitative estimate of drug-likeness (QED) is 0.399. The molecule has 2 rings (SSSR count). The summed E-state index contributed by atoms with van der Waals surface area (Å²) in [7, 11) is 0. The summed E-state index contributed by atoms with van der Waals surface area (Å²) >= 11 is 0. The van der Waals surface area contributed by atoms with Gasteiger partial charge in [0.2, 0.25) is 0 Å². The summed E-state index contributed by atoms with van der Waals surface area (Å²) in [6.07, 6.45) is 0.477. The zero-order valence-electron chi connectivity index (χ0n) is 20.5. The van der Waals surface area contributed by atoms with Crippen LogP contribution in [0.5, 0.6) is 11.5 Å². The lowest BCUT2D eigenvalue weighted by Crippen LogP contribution is -2.30. The minimum atomic E-state index is -0.752. The third-order valence-corrected chi connectivity index (χ3v) is 5.95. The summed E-state index contributed by atoms with van der Waals surface area (Å²) in [6.45, 7) is 14.3. The number of ether oxygens (including phenoxy) is 1. The van der Waals surface area contributed by atoms with E-state index in [4.69, 9.17) is 9.84 Å². The van der Waals surface area contributed by atoms with Gasteiger partial charge in [-0.25, -0.2) is 0 Å². The molecule has 176 valence electrons. The molecule has 0 atom stereocenters. The molecule has 0 aliphatic carbocycles. The number of aliphatic hydroxyl groups excluding tert-OH is 1. The van der Waals surface area contributed by atoms with Crippen molar-refractivity contribution < 1.29 is 24.9 Å². The third kappa shape index (κ3) is 5.83. The standard InChI is InChI=1S/C27H38O5/c1-25(2,3)20-15-18(9-11-22(20)29)27(7,17-24(31)32-14-8-13-28)19-10-12-23(30)21(16-19)26(4,5)6/h9-12,15-16,28-30H,8,13-14,17H2,1-7H3. The lowest BCUT2D eigenvalue weighted by atomic mass is 9.70. The van der Waals surface area contributed by atoms with Crippen LogP contribution >= 0.6 is 0 Å². The van der Waals surface area contributed by atoms with E-state index in [1.807, 2.05) is 72.7 Å². The Kier molecular flexibility index (Phi) is 7.67. The van der Waals surface area contributed by atoms with E-state index in [0.29, 0.717) is 6.42 Å². The van der Waals surface area contributed by atoms with Crippen molar-refractivity contribution in [1.29, 1.82) is 0 Å². The molecular formula is C27H38O5. The average molecular weight is 443 g/mol. The maximum absolute atomic E-state index is 12.8. The van der Waals surface area contributed by atoms with Crippen LogP contribution in [0.4, 0.5) is 0 Å². The van der Waals surface area contributed by atoms with E-state index in [1.165, 1.54) is 0 Å². The highest BCUT2D eigenvalue weighted by Crippen LogP contribution is 2.42. The molecule has 5 nitrogen and oxygen atoms in total. The molecule has 3 N–H and O–H groups in total. The Morgan fingerprint density at radius 3 is 1.62 bits per heavy atom. The van der Waals surface area contributed by atoms with Gasteiger partial charge in [0.25, 0.3) is 0 Å². The second-order valence-corrected chi connectivity index (χ2v) is 10.8. The van der Waals surface area contributed by atoms with E-state index in [9.17, 15) is 15.0 Å². The average Bonchev–Trinajstić information content (AvgIpc) is 2.66. The normalized spacial score (nSPS) is 12.6. The zero-order valence-corrected chi connectivity index (χ0v) is 20.5. The number of hydrogen-bond donors (Lipinski definition) is 3. The molecule has 0 saturated carbocycles. The Hall–Kier alpha value is -2.53. The molecule has 0 bridgehead atoms. The van der Waals surface area contributed by atoms with Gasteiger partial charge in [0, 0.05) is 18.4 Å². The van der Waals surface area contributed by atoms with Crippen LogP contribution in [-0.2, 0) is 25.8 Å². The van der Waals surface area contributed by atoms with Gasteiger partial charge in [-0.1, -0.05) is 72.7 Å². The van der Waals surface area contributed by atoms with E-state index in [2.05, 4.69) is 0 Å². The first kappa shape index (κ1) is 25.7. The van der Waals surface area contributed by atoms with Gasteiger partial charge in [0.1, 0.15) is 11.5 Å². The van der Waals surface area contributed by atoms with Gasteiger partial charge in [-0.05, 0) is 45.2 Å². The van der Waals surface area contributed by atoms with E-state index in [-0.39, 0.29) is 47.9 Å². The van der Waals surface area contributed by atoms with Crippen LogP contribution in [0.1, 0.15) is 83.6 Å². The molecule has 0 amide bonds. The lowest BCUT2D eigenvalue weighted by molar-refractivity contribution is -0.145. The highest BCUT2D eigenvalue weighted by Gasteiger charge is 2.35. The second kappa shape index (κ2) is 9.53. The zero-order chi connectivity index (χ0) is 24.3. The first-order valence-corrected chi connectivity index (χ1v) is 11.1. The first-order valence-electron chi connectivity index (χ1n) is 11.1. The third-order valence-electron chi connectivity index (χ3n) is 5.95. The highest BCUT2D eigenvalue weighted by atomic mass is 16.5. The fourth-order valence-electron chi connectivity index (χ4n) is 3.92. The molecule has 0 saturated heterocycles. The Bertz CT molecular complexity index is 884. The second-order valence-electron chi connectivity index (χ2n) is 10.8. The molecular weight excluding hydrogens is 404 g/mol. The van der Waals surface area contributed by atoms with Crippen LogP contribution in [0.15, 0.2) is 36.4 Å². The van der Waals surface area contributed by atoms with Gasteiger partial charge in [0.15, 0.2) is 0 Å². The minimum absolute atomic E-state index is 0.0373. The SMILES string of the molecule is CC(C)(C)c1cc(C(C)(CC(=O)OCCCO)c2ccc(O)c(C(C)(C)C)c2)ccc1O. The van der Waals surface area contributed by atoms with Crippen molar-refractivity contribution in [2.24, 2.45) is 0 Å². The van der Waals surface area contributed by atoms with Gasteiger partial charge in [-0.2, -0.15) is 0 Å². The fraction of sp³-hybridized carbons (Fsp3) is 0.519. The smallest absolute Gasteiger partial charge is 0.307 e. The first-order chi connectivity index (χ1) is 14.7. The van der Waals surface area contributed by atoms with Gasteiger partial charge >= 0.3 is 5.97 Å². The van der Waals surface area contributed by atoms with E-state index < -0.39 is 5.41 Å². The molecule has 2 aromatic rings. The van der Waals surface area contributed by atoms with Crippen LogP contribution in [-0.4, -0.2) is 34.5 Å². The van der Waals surface area contributed by atoms with Crippen molar-refractivity contribution in [3.8, 4) is 11.5 Å². The Morgan fingerprint density at radius 1 is 0.812 bits per heavy atom. The summed E-state index contributed by atoms with van der Waals surface area (Å²) in [4.78, 5) is 12.8. The van der Waals surface area contributed by atoms with Crippen LogP contribution in [0, 0.1) is 0 Å². The summed E-state index contributed by atoms with van der Waals surface area (Å²) in [5.41, 5.74) is 2.03. The number of aliphatic hydroxyl groups is 1. The molecule has 0 unspecified atom stereocenters. The number of rotatable bonds is 7. The van der Waals surface area contributed by atoms with Crippen molar-refractivity contribution in [3.63, 3.8) is 0 Å². The monoisotopic (exact) mass is 442 g/mol. The summed E-state index contributed by atoms with van der Waals surface area (Å²) < 4.78 is 5.37. The topological polar surface area (TPSA) is 87.0 Å². The van der Waals surface area contributed by atoms with Gasteiger partial charge in [-0.3, -0.25) is 4.79 Å². The van der Waals surface area contributed by atoms with Crippen molar-refractivity contribution in [3.05, 3.63) is 58.7 Å². The number of aromatic hydroxyl groups is 2. The minimum Gasteiger partial charge on any atom is -0.508 e. The van der Waals surface area contributed by atoms with Crippen LogP contribution in [0.2, 0.25) is 0 Å². The lowest BCUT2D eigenvalue weighted by Gasteiger charge is -2.33. The fourth-order valence-corrected chi connectivity index (χ4v) is 3.92. The van der Waals surface area contributed by atoms with E-state index in [0.717, 1.165) is 22.3 Å². The molecule has 0 spiro atoms. The van der Waals surface area contributed by atoms with E-state index in [1.54, 1.807) is 12.1 Å². The molecule has 0 aliphatic heterocycles. The van der Waals surface area contributed by atoms with Crippen molar-refractivity contribution in [2.75, 3.05) is 13.2 Å². The molecule has 0 aromatic heterocycles. The van der Waals surface area contributed by atoms with Crippen LogP contribution in [0.3, 0.4) is 0 Å². The number of hydrogen-bond acceptors (Lipinski definition) is 5. The molecule has 0 fully saturated rings. The number of carbonyl (C=O) groups is 1. The summed E-state index contributed by atoms with van der Waals surface area (Å²) in [5.74, 6) is 0.0714. The summed E-state index contributed by atoms with van der Waals surface area (Å²) in [6, 6.07) is 11.0. The number of phenolic OH excluding ortho intramolecular Hbond substituents is 2. The number of esters is 1. The van der Waals surface area contributed by atoms with Crippen LogP contribution < -0.4 is 0 Å². The van der Waals surface area contributed by atoms with Gasteiger partial charge < -0.3 is 20.1 Å². The van der Waals surface area contributed by atoms with Crippen molar-refractivity contribution in [1.82, 2.24) is 0 Å². The molecule has 32 heavy (non-hydrogen) atoms. The molecule has 5 heteroatoms. The highest BCUT2D eigenvalue weighted by molar-refractivity contribution is 5.73. The largest absolute Gasteiger partial charge is 0.508 e. The van der Waals surface area contributed by atoms with Gasteiger partial charge in [0.05, 0.1) is 13.0 Å². The maximum Gasteiger partial charge on any atom is 0.307 e. The molecule has 0 heterocycles. The maximum atomic E-state index is 12.8. The van der Waals surface area contributed by atoms with Crippen LogP contribution in [0.25, 0.3) is 0 Å². The molecule has 2 aromatic carbocycles. The Labute approximate surface area is 192 Å². The predicted octanol–water partition coefficient (Wildman–Crippen LogP) is 5.31. The number of benzene rings is 2. The Morgan fingerprint density at radius 2 is 1.25 bits per heavy atom. The van der Waals surface area contributed by atoms with Crippen molar-refractivity contribution >= 4 is 5.97 Å². The van der Waals surface area contributed by atoms with Gasteiger partial charge in [-0.15, -0.1) is 0 Å². The molecule has 0 radical (unpaired) electrons. The number of phenols is 2. The number of carbonyl (C=O) groups excluding carboxylic acids is 1. The molecule has 0 aliphatic rings. The summed E-state index contributed by atoms with van der Waals surface area (Å²) in [5, 5.41) is 29.9. The van der Waals surface area contributed by atoms with E-state index >= 15 is 0 Å². The Balaban J connectivity index is 2.66. The predicted molar refractivity (Wildman–Crippen MR) is 127 cm³/mol.